The van der Waals surface area contributed by atoms with E-state index in [-0.39, 0.29) is 5.84 Å². The number of thioether (sulfide) groups is 1. The Morgan fingerprint density at radius 3 is 2.38 bits per heavy atom. The minimum Gasteiger partial charge on any atom is -0.497 e. The van der Waals surface area contributed by atoms with Crippen LogP contribution in [0.5, 0.6) is 5.75 Å². The van der Waals surface area contributed by atoms with Crippen molar-refractivity contribution in [2.75, 3.05) is 12.9 Å². The maximum Gasteiger partial charge on any atom is 0.125 e. The van der Waals surface area contributed by atoms with Crippen molar-refractivity contribution in [2.24, 2.45) is 5.73 Å². The minimum atomic E-state index is 0.113. The lowest BCUT2D eigenvalue weighted by Crippen LogP contribution is -2.13. The van der Waals surface area contributed by atoms with Gasteiger partial charge in [-0.2, -0.15) is 0 Å². The van der Waals surface area contributed by atoms with Gasteiger partial charge >= 0.3 is 0 Å². The number of amidine groups is 1. The molecule has 0 heterocycles. The zero-order valence-electron chi connectivity index (χ0n) is 12.1. The summed E-state index contributed by atoms with van der Waals surface area (Å²) in [6.45, 7) is 2.10. The first-order chi connectivity index (χ1) is 10.2. The molecule has 0 radical (unpaired) electrons. The lowest BCUT2D eigenvalue weighted by molar-refractivity contribution is 0.414. The van der Waals surface area contributed by atoms with Crippen LogP contribution in [0.15, 0.2) is 57.2 Å². The number of nitrogens with two attached hydrogens (primary N) is 1. The zero-order chi connectivity index (χ0) is 15.2. The maximum absolute atomic E-state index is 7.86. The minimum absolute atomic E-state index is 0.113. The molecule has 0 aliphatic rings. The fourth-order valence-electron chi connectivity index (χ4n) is 1.91. The summed E-state index contributed by atoms with van der Waals surface area (Å²) in [4.78, 5) is 3.16. The van der Waals surface area contributed by atoms with Crippen LogP contribution in [0, 0.1) is 5.41 Å². The van der Waals surface area contributed by atoms with Crippen molar-refractivity contribution in [3.05, 3.63) is 48.0 Å². The molecule has 0 bridgehead atoms. The topological polar surface area (TPSA) is 59.1 Å². The van der Waals surface area contributed by atoms with Crippen molar-refractivity contribution < 1.29 is 4.74 Å². The first-order valence-corrected chi connectivity index (χ1v) is 8.38. The van der Waals surface area contributed by atoms with Gasteiger partial charge in [0.05, 0.1) is 7.11 Å². The molecule has 3 nitrogen and oxygen atoms in total. The summed E-state index contributed by atoms with van der Waals surface area (Å²) in [5.41, 5.74) is 6.61. The molecule has 5 heteroatoms. The number of benzene rings is 2. The highest BCUT2D eigenvalue weighted by Gasteiger charge is 2.12. The van der Waals surface area contributed by atoms with Gasteiger partial charge in [-0.15, -0.1) is 11.8 Å². The summed E-state index contributed by atoms with van der Waals surface area (Å²) >= 11 is 3.32. The van der Waals surface area contributed by atoms with Gasteiger partial charge in [0.2, 0.25) is 0 Å². The van der Waals surface area contributed by atoms with Crippen LogP contribution in [0.2, 0.25) is 0 Å². The first kappa shape index (κ1) is 15.8. The Labute approximate surface area is 133 Å². The molecule has 0 aromatic heterocycles. The second-order valence-corrected chi connectivity index (χ2v) is 6.67. The highest BCUT2D eigenvalue weighted by molar-refractivity contribution is 8.00. The van der Waals surface area contributed by atoms with Crippen LogP contribution in [0.4, 0.5) is 0 Å². The SMILES string of the molecule is CCSc1cccc(Sc2ccc(OC)cc2)c1C(=N)N. The van der Waals surface area contributed by atoms with Gasteiger partial charge in [0.15, 0.2) is 0 Å². The van der Waals surface area contributed by atoms with Gasteiger partial charge in [-0.3, -0.25) is 5.41 Å². The number of rotatable bonds is 6. The summed E-state index contributed by atoms with van der Waals surface area (Å²) in [7, 11) is 1.65. The van der Waals surface area contributed by atoms with E-state index in [4.69, 9.17) is 15.9 Å². The van der Waals surface area contributed by atoms with Gasteiger partial charge in [-0.25, -0.2) is 0 Å². The Morgan fingerprint density at radius 2 is 1.81 bits per heavy atom. The molecule has 0 aliphatic heterocycles. The first-order valence-electron chi connectivity index (χ1n) is 6.57. The van der Waals surface area contributed by atoms with Crippen LogP contribution < -0.4 is 10.5 Å². The molecule has 2 aromatic rings. The molecule has 2 rings (SSSR count). The average molecular weight is 318 g/mol. The summed E-state index contributed by atoms with van der Waals surface area (Å²) in [5, 5.41) is 7.86. The second-order valence-electron chi connectivity index (χ2n) is 4.25. The van der Waals surface area contributed by atoms with E-state index in [1.54, 1.807) is 30.6 Å². The highest BCUT2D eigenvalue weighted by atomic mass is 32.2. The van der Waals surface area contributed by atoms with Crippen molar-refractivity contribution in [2.45, 2.75) is 21.6 Å². The molecule has 0 saturated carbocycles. The Hall–Kier alpha value is -1.59. The fourth-order valence-corrected chi connectivity index (χ4v) is 3.82. The van der Waals surface area contributed by atoms with Crippen LogP contribution in [0.3, 0.4) is 0 Å². The van der Waals surface area contributed by atoms with E-state index in [1.165, 1.54) is 0 Å². The van der Waals surface area contributed by atoms with Crippen LogP contribution in [0.1, 0.15) is 12.5 Å². The number of ether oxygens (including phenoxy) is 1. The van der Waals surface area contributed by atoms with Crippen LogP contribution >= 0.6 is 23.5 Å². The quantitative estimate of drug-likeness (QED) is 0.475. The molecule has 110 valence electrons. The van der Waals surface area contributed by atoms with E-state index in [1.807, 2.05) is 42.5 Å². The van der Waals surface area contributed by atoms with E-state index < -0.39 is 0 Å². The fraction of sp³-hybridized carbons (Fsp3) is 0.188. The molecule has 0 amide bonds. The second kappa shape index (κ2) is 7.43. The van der Waals surface area contributed by atoms with Gasteiger partial charge in [0.1, 0.15) is 11.6 Å². The van der Waals surface area contributed by atoms with E-state index in [0.717, 1.165) is 31.8 Å². The van der Waals surface area contributed by atoms with Crippen molar-refractivity contribution in [3.8, 4) is 5.75 Å². The third-order valence-electron chi connectivity index (χ3n) is 2.84. The van der Waals surface area contributed by atoms with Crippen molar-refractivity contribution >= 4 is 29.4 Å². The van der Waals surface area contributed by atoms with Gasteiger partial charge in [0.25, 0.3) is 0 Å². The van der Waals surface area contributed by atoms with Crippen LogP contribution in [-0.2, 0) is 0 Å². The molecular weight excluding hydrogens is 300 g/mol. The smallest absolute Gasteiger partial charge is 0.125 e. The standard InChI is InChI=1S/C16H18N2OS2/c1-3-20-13-5-4-6-14(15(13)16(17)18)21-12-9-7-11(19-2)8-10-12/h4-10H,3H2,1-2H3,(H3,17,18). The monoisotopic (exact) mass is 318 g/mol. The lowest BCUT2D eigenvalue weighted by Gasteiger charge is -2.12. The zero-order valence-corrected chi connectivity index (χ0v) is 13.7. The lowest BCUT2D eigenvalue weighted by atomic mass is 10.2. The molecule has 3 N–H and O–H groups in total. The molecule has 0 saturated heterocycles. The number of methoxy groups -OCH3 is 1. The normalized spacial score (nSPS) is 10.4. The average Bonchev–Trinajstić information content (AvgIpc) is 2.48. The van der Waals surface area contributed by atoms with Crippen molar-refractivity contribution in [1.82, 2.24) is 0 Å². The summed E-state index contributed by atoms with van der Waals surface area (Å²) in [5.74, 6) is 1.90. The van der Waals surface area contributed by atoms with Gasteiger partial charge < -0.3 is 10.5 Å². The Balaban J connectivity index is 2.33. The molecule has 0 atom stereocenters. The van der Waals surface area contributed by atoms with Crippen LogP contribution in [0.25, 0.3) is 0 Å². The number of nitrogen functional groups attached to an aromatic ring is 1. The molecule has 21 heavy (non-hydrogen) atoms. The highest BCUT2D eigenvalue weighted by Crippen LogP contribution is 2.35. The van der Waals surface area contributed by atoms with E-state index in [0.29, 0.717) is 0 Å². The summed E-state index contributed by atoms with van der Waals surface area (Å²) in [6.07, 6.45) is 0. The van der Waals surface area contributed by atoms with Gasteiger partial charge in [0, 0.05) is 20.2 Å². The predicted molar refractivity (Wildman–Crippen MR) is 91.0 cm³/mol. The van der Waals surface area contributed by atoms with E-state index in [2.05, 4.69) is 6.92 Å². The number of hydrogen-bond acceptors (Lipinski definition) is 4. The number of nitrogens with one attached hydrogen (secondary N) is 1. The molecule has 2 aromatic carbocycles. The Kier molecular flexibility index (Phi) is 5.59. The maximum atomic E-state index is 7.86. The van der Waals surface area contributed by atoms with E-state index in [9.17, 15) is 0 Å². The molecule has 0 aliphatic carbocycles. The van der Waals surface area contributed by atoms with Crippen LogP contribution in [-0.4, -0.2) is 18.7 Å². The summed E-state index contributed by atoms with van der Waals surface area (Å²) in [6, 6.07) is 13.9. The van der Waals surface area contributed by atoms with E-state index >= 15 is 0 Å². The predicted octanol–water partition coefficient (Wildman–Crippen LogP) is 4.24. The molecule has 0 spiro atoms. The summed E-state index contributed by atoms with van der Waals surface area (Å²) < 4.78 is 5.17. The third-order valence-corrected chi connectivity index (χ3v) is 4.85. The van der Waals surface area contributed by atoms with Gasteiger partial charge in [-0.05, 0) is 42.2 Å². The van der Waals surface area contributed by atoms with Crippen molar-refractivity contribution in [3.63, 3.8) is 0 Å². The Morgan fingerprint density at radius 1 is 1.14 bits per heavy atom. The Bertz CT molecular complexity index is 627. The number of hydrogen-bond donors (Lipinski definition) is 2. The molecule has 0 fully saturated rings. The largest absolute Gasteiger partial charge is 0.497 e. The third kappa shape index (κ3) is 3.95. The van der Waals surface area contributed by atoms with Gasteiger partial charge in [-0.1, -0.05) is 24.8 Å². The molecular formula is C16H18N2OS2. The van der Waals surface area contributed by atoms with Crippen molar-refractivity contribution in [1.29, 1.82) is 5.41 Å². The molecule has 0 unspecified atom stereocenters.